The van der Waals surface area contributed by atoms with Crippen molar-refractivity contribution in [2.24, 2.45) is 0 Å². The second kappa shape index (κ2) is 7.17. The lowest BCUT2D eigenvalue weighted by molar-refractivity contribution is -0.300. The van der Waals surface area contributed by atoms with E-state index in [1.165, 1.54) is 6.92 Å². The van der Waals surface area contributed by atoms with Crippen LogP contribution in [-0.4, -0.2) is 46.7 Å². The van der Waals surface area contributed by atoms with E-state index in [0.717, 1.165) is 6.92 Å². The average molecular weight is 376 g/mol. The van der Waals surface area contributed by atoms with E-state index in [-0.39, 0.29) is 12.7 Å². The normalized spacial score (nSPS) is 40.5. The number of ether oxygens (including phenoxy) is 3. The fourth-order valence-corrected chi connectivity index (χ4v) is 3.74. The Kier molecular flexibility index (Phi) is 5.86. The maximum Gasteiger partial charge on any atom is 0.333 e. The molecule has 7 heteroatoms. The van der Waals surface area contributed by atoms with Gasteiger partial charge in [0.2, 0.25) is 5.79 Å². The summed E-state index contributed by atoms with van der Waals surface area (Å²) in [5.41, 5.74) is -2.29. The van der Waals surface area contributed by atoms with Crippen molar-refractivity contribution in [2.75, 3.05) is 6.61 Å². The molecule has 1 saturated heterocycles. The third kappa shape index (κ3) is 4.10. The Morgan fingerprint density at radius 3 is 2.15 bits per heavy atom. The Labute approximate surface area is 153 Å². The topological polar surface area (TPSA) is 65.0 Å². The molecule has 26 heavy (non-hydrogen) atoms. The summed E-state index contributed by atoms with van der Waals surface area (Å²) in [6, 6.07) is 0. The van der Waals surface area contributed by atoms with E-state index in [4.69, 9.17) is 14.2 Å². The van der Waals surface area contributed by atoms with Crippen molar-refractivity contribution in [3.8, 4) is 0 Å². The first-order valence-electron chi connectivity index (χ1n) is 9.13. The van der Waals surface area contributed by atoms with Crippen LogP contribution >= 0.6 is 0 Å². The predicted molar refractivity (Wildman–Crippen MR) is 91.8 cm³/mol. The molecule has 1 aliphatic heterocycles. The van der Waals surface area contributed by atoms with Gasteiger partial charge in [-0.25, -0.2) is 4.79 Å². The second-order valence-corrected chi connectivity index (χ2v) is 8.22. The molecule has 1 saturated carbocycles. The quantitative estimate of drug-likeness (QED) is 0.598. The molecule has 0 aromatic heterocycles. The molecule has 0 spiro atoms. The first-order valence-corrected chi connectivity index (χ1v) is 9.13. The van der Waals surface area contributed by atoms with Gasteiger partial charge in [0.25, 0.3) is 0 Å². The van der Waals surface area contributed by atoms with Gasteiger partial charge in [0.1, 0.15) is 6.10 Å². The summed E-state index contributed by atoms with van der Waals surface area (Å²) in [6.45, 7) is 8.88. The molecule has 1 aliphatic carbocycles. The van der Waals surface area contributed by atoms with E-state index in [0.29, 0.717) is 44.1 Å². The molecule has 150 valence electrons. The zero-order valence-electron chi connectivity index (χ0n) is 16.1. The van der Waals surface area contributed by atoms with Gasteiger partial charge in [-0.15, -0.1) is 0 Å². The third-order valence-corrected chi connectivity index (χ3v) is 5.43. The molecule has 0 bridgehead atoms. The SMILES string of the molecule is C=C(C)C(=O)OC1CCCC(C)(OC2(C)COC(C)(O)C2(F)F)CCC1. The van der Waals surface area contributed by atoms with Crippen molar-refractivity contribution in [1.29, 1.82) is 0 Å². The number of hydrogen-bond donors (Lipinski definition) is 1. The van der Waals surface area contributed by atoms with E-state index in [9.17, 15) is 18.7 Å². The van der Waals surface area contributed by atoms with Crippen LogP contribution in [0.1, 0.15) is 66.2 Å². The molecule has 0 radical (unpaired) electrons. The summed E-state index contributed by atoms with van der Waals surface area (Å²) in [5, 5.41) is 9.83. The summed E-state index contributed by atoms with van der Waals surface area (Å²) in [7, 11) is 0. The van der Waals surface area contributed by atoms with Crippen molar-refractivity contribution in [3.63, 3.8) is 0 Å². The van der Waals surface area contributed by atoms with E-state index in [1.807, 2.05) is 6.92 Å². The van der Waals surface area contributed by atoms with E-state index < -0.39 is 28.9 Å². The number of carbonyl (C=O) groups is 1. The van der Waals surface area contributed by atoms with Crippen molar-refractivity contribution in [3.05, 3.63) is 12.2 Å². The predicted octanol–water partition coefficient (Wildman–Crippen LogP) is 3.74. The van der Waals surface area contributed by atoms with Gasteiger partial charge < -0.3 is 19.3 Å². The summed E-state index contributed by atoms with van der Waals surface area (Å²) in [5.74, 6) is -6.46. The molecule has 0 aromatic rings. The Morgan fingerprint density at radius 2 is 1.73 bits per heavy atom. The van der Waals surface area contributed by atoms with Crippen molar-refractivity contribution < 1.29 is 32.9 Å². The zero-order chi connectivity index (χ0) is 19.8. The van der Waals surface area contributed by atoms with Crippen molar-refractivity contribution >= 4 is 5.97 Å². The Morgan fingerprint density at radius 1 is 1.19 bits per heavy atom. The van der Waals surface area contributed by atoms with Gasteiger partial charge in [-0.2, -0.15) is 8.78 Å². The van der Waals surface area contributed by atoms with Crippen LogP contribution in [0.5, 0.6) is 0 Å². The fraction of sp³-hybridized carbons (Fsp3) is 0.842. The number of rotatable bonds is 4. The van der Waals surface area contributed by atoms with Gasteiger partial charge in [-0.3, -0.25) is 0 Å². The minimum Gasteiger partial charge on any atom is -0.459 e. The molecule has 2 unspecified atom stereocenters. The molecule has 0 aromatic carbocycles. The molecule has 5 nitrogen and oxygen atoms in total. The lowest BCUT2D eigenvalue weighted by Crippen LogP contribution is -2.58. The molecule has 0 amide bonds. The summed E-state index contributed by atoms with van der Waals surface area (Å²) in [6.07, 6.45) is 3.60. The van der Waals surface area contributed by atoms with Gasteiger partial charge in [-0.05, 0) is 66.2 Å². The lowest BCUT2D eigenvalue weighted by atomic mass is 9.85. The molecule has 1 N–H and O–H groups in total. The van der Waals surface area contributed by atoms with Crippen molar-refractivity contribution in [2.45, 2.75) is 95.2 Å². The standard InChI is InChI=1S/C19H30F2O5/c1-13(2)15(22)25-14-8-6-10-16(3,11-7-9-14)26-17(4)12-24-18(5,23)19(17,20)21/h14,23H,1,6-12H2,2-5H3. The number of halogens is 2. The average Bonchev–Trinajstić information content (AvgIpc) is 2.65. The van der Waals surface area contributed by atoms with Gasteiger partial charge in [0, 0.05) is 5.57 Å². The van der Waals surface area contributed by atoms with Crippen LogP contribution in [0, 0.1) is 0 Å². The van der Waals surface area contributed by atoms with Gasteiger partial charge in [0.05, 0.1) is 12.2 Å². The summed E-state index contributed by atoms with van der Waals surface area (Å²) >= 11 is 0. The lowest BCUT2D eigenvalue weighted by Gasteiger charge is -2.42. The monoisotopic (exact) mass is 376 g/mol. The van der Waals surface area contributed by atoms with Gasteiger partial charge in [-0.1, -0.05) is 6.58 Å². The van der Waals surface area contributed by atoms with Crippen LogP contribution in [0.25, 0.3) is 0 Å². The zero-order valence-corrected chi connectivity index (χ0v) is 16.1. The highest BCUT2D eigenvalue weighted by atomic mass is 19.3. The molecular formula is C19H30F2O5. The smallest absolute Gasteiger partial charge is 0.333 e. The number of hydrogen-bond acceptors (Lipinski definition) is 5. The van der Waals surface area contributed by atoms with E-state index >= 15 is 0 Å². The number of carbonyl (C=O) groups excluding carboxylic acids is 1. The first-order chi connectivity index (χ1) is 11.8. The third-order valence-electron chi connectivity index (χ3n) is 5.43. The molecule has 2 rings (SSSR count). The largest absolute Gasteiger partial charge is 0.459 e. The van der Waals surface area contributed by atoms with Crippen LogP contribution < -0.4 is 0 Å². The van der Waals surface area contributed by atoms with E-state index in [1.54, 1.807) is 6.92 Å². The van der Waals surface area contributed by atoms with Crippen molar-refractivity contribution in [1.82, 2.24) is 0 Å². The minimum absolute atomic E-state index is 0.184. The Hall–Kier alpha value is -1.05. The minimum atomic E-state index is -3.52. The molecule has 2 fully saturated rings. The second-order valence-electron chi connectivity index (χ2n) is 8.22. The first kappa shape index (κ1) is 21.3. The fourth-order valence-electron chi connectivity index (χ4n) is 3.74. The van der Waals surface area contributed by atoms with Gasteiger partial charge in [0.15, 0.2) is 5.60 Å². The van der Waals surface area contributed by atoms with Gasteiger partial charge >= 0.3 is 11.9 Å². The number of esters is 1. The van der Waals surface area contributed by atoms with Crippen LogP contribution in [0.2, 0.25) is 0 Å². The maximum absolute atomic E-state index is 14.6. The van der Waals surface area contributed by atoms with Crippen LogP contribution in [0.4, 0.5) is 8.78 Å². The highest BCUT2D eigenvalue weighted by Crippen LogP contribution is 2.50. The van der Waals surface area contributed by atoms with Crippen LogP contribution in [-0.2, 0) is 19.0 Å². The summed E-state index contributed by atoms with van der Waals surface area (Å²) < 4.78 is 45.4. The Bertz CT molecular complexity index is 550. The summed E-state index contributed by atoms with van der Waals surface area (Å²) in [4.78, 5) is 11.7. The Balaban J connectivity index is 2.00. The molecule has 2 atom stereocenters. The maximum atomic E-state index is 14.6. The molecular weight excluding hydrogens is 346 g/mol. The highest BCUT2D eigenvalue weighted by molar-refractivity contribution is 5.87. The highest BCUT2D eigenvalue weighted by Gasteiger charge is 2.70. The number of alkyl halides is 2. The number of aliphatic hydroxyl groups is 1. The van der Waals surface area contributed by atoms with Crippen LogP contribution in [0.15, 0.2) is 12.2 Å². The molecule has 1 heterocycles. The molecule has 2 aliphatic rings. The van der Waals surface area contributed by atoms with Crippen LogP contribution in [0.3, 0.4) is 0 Å². The van der Waals surface area contributed by atoms with E-state index in [2.05, 4.69) is 6.58 Å².